The van der Waals surface area contributed by atoms with Crippen molar-refractivity contribution in [2.75, 3.05) is 6.54 Å². The molecule has 9 heteroatoms. The van der Waals surface area contributed by atoms with Gasteiger partial charge in [-0.1, -0.05) is 19.8 Å². The van der Waals surface area contributed by atoms with Gasteiger partial charge in [-0.3, -0.25) is 10.1 Å². The SMILES string of the molecule is CCCCC(CN)NS(=O)(=O)c1ccc([N+](=O)[O-])cc1.Cl. The van der Waals surface area contributed by atoms with Crippen LogP contribution in [0.2, 0.25) is 0 Å². The zero-order chi connectivity index (χ0) is 15.2. The first-order chi connectivity index (χ1) is 9.40. The molecule has 1 atom stereocenters. The minimum Gasteiger partial charge on any atom is -0.329 e. The number of hydrogen-bond acceptors (Lipinski definition) is 5. The Bertz CT molecular complexity index is 548. The molecular weight excluding hydrogens is 318 g/mol. The quantitative estimate of drug-likeness (QED) is 0.554. The summed E-state index contributed by atoms with van der Waals surface area (Å²) in [5, 5.41) is 10.5. The highest BCUT2D eigenvalue weighted by molar-refractivity contribution is 7.89. The summed E-state index contributed by atoms with van der Waals surface area (Å²) in [6.07, 6.45) is 2.50. The van der Waals surface area contributed by atoms with Crippen LogP contribution in [-0.4, -0.2) is 25.9 Å². The smallest absolute Gasteiger partial charge is 0.269 e. The number of benzene rings is 1. The Morgan fingerprint density at radius 2 is 1.90 bits per heavy atom. The van der Waals surface area contributed by atoms with Crippen molar-refractivity contribution in [3.8, 4) is 0 Å². The maximum absolute atomic E-state index is 12.1. The van der Waals surface area contributed by atoms with E-state index in [1.165, 1.54) is 12.1 Å². The topological polar surface area (TPSA) is 115 Å². The van der Waals surface area contributed by atoms with Crippen LogP contribution in [0, 0.1) is 10.1 Å². The molecule has 7 nitrogen and oxygen atoms in total. The summed E-state index contributed by atoms with van der Waals surface area (Å²) in [6, 6.07) is 4.44. The van der Waals surface area contributed by atoms with E-state index in [1.54, 1.807) is 0 Å². The molecule has 0 aliphatic heterocycles. The van der Waals surface area contributed by atoms with Crippen molar-refractivity contribution in [1.82, 2.24) is 4.72 Å². The molecule has 1 rings (SSSR count). The highest BCUT2D eigenvalue weighted by Gasteiger charge is 2.19. The molecule has 0 bridgehead atoms. The van der Waals surface area contributed by atoms with E-state index in [0.717, 1.165) is 25.0 Å². The molecule has 120 valence electrons. The van der Waals surface area contributed by atoms with E-state index in [2.05, 4.69) is 4.72 Å². The van der Waals surface area contributed by atoms with E-state index < -0.39 is 14.9 Å². The lowest BCUT2D eigenvalue weighted by Crippen LogP contribution is -2.40. The average molecular weight is 338 g/mol. The Morgan fingerprint density at radius 1 is 1.33 bits per heavy atom. The van der Waals surface area contributed by atoms with Crippen molar-refractivity contribution >= 4 is 28.1 Å². The molecular formula is C12H20ClN3O4S. The summed E-state index contributed by atoms with van der Waals surface area (Å²) < 4.78 is 26.7. The van der Waals surface area contributed by atoms with Crippen LogP contribution in [0.3, 0.4) is 0 Å². The van der Waals surface area contributed by atoms with Crippen molar-refractivity contribution in [3.05, 3.63) is 34.4 Å². The van der Waals surface area contributed by atoms with Gasteiger partial charge in [0.2, 0.25) is 10.0 Å². The first-order valence-electron chi connectivity index (χ1n) is 6.37. The number of nitrogens with one attached hydrogen (secondary N) is 1. The van der Waals surface area contributed by atoms with Crippen LogP contribution in [-0.2, 0) is 10.0 Å². The van der Waals surface area contributed by atoms with Gasteiger partial charge in [0.25, 0.3) is 5.69 Å². The van der Waals surface area contributed by atoms with Gasteiger partial charge in [0.1, 0.15) is 0 Å². The first kappa shape index (κ1) is 19.8. The van der Waals surface area contributed by atoms with E-state index in [4.69, 9.17) is 5.73 Å². The van der Waals surface area contributed by atoms with E-state index >= 15 is 0 Å². The van der Waals surface area contributed by atoms with Crippen molar-refractivity contribution in [2.45, 2.75) is 37.1 Å². The van der Waals surface area contributed by atoms with Gasteiger partial charge in [-0.15, -0.1) is 12.4 Å². The van der Waals surface area contributed by atoms with Gasteiger partial charge < -0.3 is 5.73 Å². The van der Waals surface area contributed by atoms with Crippen molar-refractivity contribution < 1.29 is 13.3 Å². The Balaban J connectivity index is 0.00000400. The van der Waals surface area contributed by atoms with E-state index in [9.17, 15) is 18.5 Å². The zero-order valence-electron chi connectivity index (χ0n) is 11.7. The zero-order valence-corrected chi connectivity index (χ0v) is 13.3. The molecule has 1 aromatic rings. The summed E-state index contributed by atoms with van der Waals surface area (Å²) in [7, 11) is -3.70. The van der Waals surface area contributed by atoms with Crippen molar-refractivity contribution in [3.63, 3.8) is 0 Å². The molecule has 3 N–H and O–H groups in total. The molecule has 0 radical (unpaired) electrons. The van der Waals surface area contributed by atoms with E-state index in [-0.39, 0.29) is 35.6 Å². The fourth-order valence-corrected chi connectivity index (χ4v) is 2.99. The number of unbranched alkanes of at least 4 members (excludes halogenated alkanes) is 1. The largest absolute Gasteiger partial charge is 0.329 e. The van der Waals surface area contributed by atoms with Crippen LogP contribution in [0.4, 0.5) is 5.69 Å². The highest BCUT2D eigenvalue weighted by atomic mass is 35.5. The lowest BCUT2D eigenvalue weighted by Gasteiger charge is -2.16. The molecule has 1 unspecified atom stereocenters. The summed E-state index contributed by atoms with van der Waals surface area (Å²) in [4.78, 5) is 9.95. The van der Waals surface area contributed by atoms with Gasteiger partial charge in [-0.2, -0.15) is 0 Å². The number of halogens is 1. The minimum absolute atomic E-state index is 0. The normalized spacial score (nSPS) is 12.5. The van der Waals surface area contributed by atoms with Crippen LogP contribution >= 0.6 is 12.4 Å². The van der Waals surface area contributed by atoms with Crippen LogP contribution in [0.5, 0.6) is 0 Å². The Hall–Kier alpha value is -1.22. The summed E-state index contributed by atoms with van der Waals surface area (Å²) in [6.45, 7) is 2.23. The molecule has 0 fully saturated rings. The number of rotatable bonds is 8. The molecule has 0 saturated carbocycles. The highest BCUT2D eigenvalue weighted by Crippen LogP contribution is 2.16. The second kappa shape index (κ2) is 8.93. The Kier molecular flexibility index (Phi) is 8.41. The predicted octanol–water partition coefficient (Wildman–Crippen LogP) is 1.81. The Labute approximate surface area is 130 Å². The second-order valence-corrected chi connectivity index (χ2v) is 6.16. The van der Waals surface area contributed by atoms with Gasteiger partial charge >= 0.3 is 0 Å². The summed E-state index contributed by atoms with van der Waals surface area (Å²) >= 11 is 0. The van der Waals surface area contributed by atoms with E-state index in [0.29, 0.717) is 6.42 Å². The molecule has 0 aliphatic rings. The first-order valence-corrected chi connectivity index (χ1v) is 7.86. The van der Waals surface area contributed by atoms with Crippen LogP contribution < -0.4 is 10.5 Å². The fourth-order valence-electron chi connectivity index (χ4n) is 1.71. The summed E-state index contributed by atoms with van der Waals surface area (Å²) in [5.74, 6) is 0. The van der Waals surface area contributed by atoms with Gasteiger partial charge in [0.05, 0.1) is 9.82 Å². The number of nitro benzene ring substituents is 1. The van der Waals surface area contributed by atoms with Crippen molar-refractivity contribution in [2.24, 2.45) is 5.73 Å². The maximum atomic E-state index is 12.1. The number of sulfonamides is 1. The second-order valence-electron chi connectivity index (χ2n) is 4.45. The van der Waals surface area contributed by atoms with Gasteiger partial charge in [-0.05, 0) is 18.6 Å². The van der Waals surface area contributed by atoms with Crippen LogP contribution in [0.25, 0.3) is 0 Å². The molecule has 0 spiro atoms. The molecule has 0 saturated heterocycles. The number of non-ortho nitro benzene ring substituents is 1. The predicted molar refractivity (Wildman–Crippen MR) is 83.0 cm³/mol. The minimum atomic E-state index is -3.70. The number of nitro groups is 1. The number of nitrogens with zero attached hydrogens (tertiary/aromatic N) is 1. The standard InChI is InChI=1S/C12H19N3O4S.ClH/c1-2-3-4-10(9-13)14-20(18,19)12-7-5-11(6-8-12)15(16)17;/h5-8,10,14H,2-4,9,13H2,1H3;1H. The summed E-state index contributed by atoms with van der Waals surface area (Å²) in [5.41, 5.74) is 5.40. The molecule has 0 amide bonds. The van der Waals surface area contributed by atoms with Gasteiger partial charge in [-0.25, -0.2) is 13.1 Å². The number of hydrogen-bond donors (Lipinski definition) is 2. The molecule has 21 heavy (non-hydrogen) atoms. The molecule has 1 aromatic carbocycles. The Morgan fingerprint density at radius 3 is 2.33 bits per heavy atom. The molecule has 0 aromatic heterocycles. The van der Waals surface area contributed by atoms with Gasteiger partial charge in [0, 0.05) is 24.7 Å². The van der Waals surface area contributed by atoms with Crippen LogP contribution in [0.15, 0.2) is 29.2 Å². The van der Waals surface area contributed by atoms with E-state index in [1.807, 2.05) is 6.92 Å². The lowest BCUT2D eigenvalue weighted by atomic mass is 10.1. The van der Waals surface area contributed by atoms with Crippen molar-refractivity contribution in [1.29, 1.82) is 0 Å². The third-order valence-corrected chi connectivity index (χ3v) is 4.41. The third kappa shape index (κ3) is 5.96. The fraction of sp³-hybridized carbons (Fsp3) is 0.500. The molecule has 0 aliphatic carbocycles. The molecule has 0 heterocycles. The van der Waals surface area contributed by atoms with Crippen LogP contribution in [0.1, 0.15) is 26.2 Å². The van der Waals surface area contributed by atoms with Gasteiger partial charge in [0.15, 0.2) is 0 Å². The lowest BCUT2D eigenvalue weighted by molar-refractivity contribution is -0.384. The number of nitrogens with two attached hydrogens (primary N) is 1. The maximum Gasteiger partial charge on any atom is 0.269 e. The monoisotopic (exact) mass is 337 g/mol. The third-order valence-electron chi connectivity index (χ3n) is 2.87. The average Bonchev–Trinajstić information content (AvgIpc) is 2.43.